The second kappa shape index (κ2) is 9.34. The van der Waals surface area contributed by atoms with E-state index in [0.29, 0.717) is 11.0 Å². The molecule has 1 amide bonds. The maximum Gasteiger partial charge on any atom is 0.234 e. The number of rotatable bonds is 7. The van der Waals surface area contributed by atoms with Crippen molar-refractivity contribution in [2.24, 2.45) is 7.05 Å². The maximum atomic E-state index is 12.4. The van der Waals surface area contributed by atoms with E-state index in [0.717, 1.165) is 28.1 Å². The number of aryl methyl sites for hydroxylation is 4. The van der Waals surface area contributed by atoms with Gasteiger partial charge in [-0.15, -0.1) is 10.2 Å². The third kappa shape index (κ3) is 5.21. The molecule has 1 atom stereocenters. The van der Waals surface area contributed by atoms with Gasteiger partial charge in [-0.1, -0.05) is 41.6 Å². The van der Waals surface area contributed by atoms with E-state index in [1.54, 1.807) is 0 Å². The van der Waals surface area contributed by atoms with Crippen LogP contribution in [0.4, 0.5) is 5.69 Å². The molecule has 0 bridgehead atoms. The molecule has 7 heteroatoms. The van der Waals surface area contributed by atoms with Crippen LogP contribution in [0, 0.1) is 27.7 Å². The van der Waals surface area contributed by atoms with Gasteiger partial charge in [0, 0.05) is 12.7 Å². The van der Waals surface area contributed by atoms with Gasteiger partial charge < -0.3 is 14.6 Å². The summed E-state index contributed by atoms with van der Waals surface area (Å²) in [5, 5.41) is 12.2. The first kappa shape index (κ1) is 21.9. The fraction of sp³-hybridized carbons (Fsp3) is 0.348. The number of anilines is 1. The molecular formula is C23H28N4O2S. The van der Waals surface area contributed by atoms with Gasteiger partial charge in [0.2, 0.25) is 5.91 Å². The fourth-order valence-corrected chi connectivity index (χ4v) is 3.89. The topological polar surface area (TPSA) is 69.0 Å². The van der Waals surface area contributed by atoms with E-state index in [-0.39, 0.29) is 17.8 Å². The van der Waals surface area contributed by atoms with Crippen LogP contribution in [0.15, 0.2) is 41.6 Å². The maximum absolute atomic E-state index is 12.4. The number of nitrogens with one attached hydrogen (secondary N) is 1. The lowest BCUT2D eigenvalue weighted by molar-refractivity contribution is -0.113. The summed E-state index contributed by atoms with van der Waals surface area (Å²) in [5.74, 6) is 1.73. The molecule has 0 aliphatic carbocycles. The Balaban J connectivity index is 1.62. The molecule has 0 saturated heterocycles. The van der Waals surface area contributed by atoms with Gasteiger partial charge in [-0.25, -0.2) is 0 Å². The summed E-state index contributed by atoms with van der Waals surface area (Å²) in [6.45, 7) is 10.0. The minimum absolute atomic E-state index is 0.0715. The number of hydrogen-bond acceptors (Lipinski definition) is 5. The molecule has 0 saturated carbocycles. The highest BCUT2D eigenvalue weighted by atomic mass is 32.2. The van der Waals surface area contributed by atoms with Crippen LogP contribution in [0.3, 0.4) is 0 Å². The SMILES string of the molecule is Cc1ccc(OC(C)c2nnc(SCC(=O)Nc3cc(C)ccc3C)n2C)c(C)c1. The van der Waals surface area contributed by atoms with Gasteiger partial charge >= 0.3 is 0 Å². The van der Waals surface area contributed by atoms with Crippen molar-refractivity contribution >= 4 is 23.4 Å². The molecule has 1 unspecified atom stereocenters. The Kier molecular flexibility index (Phi) is 6.82. The number of carbonyl (C=O) groups excluding carboxylic acids is 1. The van der Waals surface area contributed by atoms with Crippen LogP contribution in [0.5, 0.6) is 5.75 Å². The fourth-order valence-electron chi connectivity index (χ4n) is 3.17. The van der Waals surface area contributed by atoms with Crippen molar-refractivity contribution in [3.63, 3.8) is 0 Å². The van der Waals surface area contributed by atoms with Gasteiger partial charge in [0.05, 0.1) is 5.75 Å². The monoisotopic (exact) mass is 424 g/mol. The van der Waals surface area contributed by atoms with Crippen molar-refractivity contribution in [1.29, 1.82) is 0 Å². The Hall–Kier alpha value is -2.80. The highest BCUT2D eigenvalue weighted by Crippen LogP contribution is 2.26. The summed E-state index contributed by atoms with van der Waals surface area (Å²) >= 11 is 1.36. The number of amides is 1. The lowest BCUT2D eigenvalue weighted by atomic mass is 10.1. The lowest BCUT2D eigenvalue weighted by Gasteiger charge is -2.16. The molecule has 1 aromatic heterocycles. The molecule has 0 radical (unpaired) electrons. The summed E-state index contributed by atoms with van der Waals surface area (Å²) < 4.78 is 7.98. The highest BCUT2D eigenvalue weighted by Gasteiger charge is 2.19. The van der Waals surface area contributed by atoms with Crippen molar-refractivity contribution in [2.75, 3.05) is 11.1 Å². The zero-order valence-electron chi connectivity index (χ0n) is 18.3. The van der Waals surface area contributed by atoms with Crippen LogP contribution in [-0.4, -0.2) is 26.4 Å². The minimum Gasteiger partial charge on any atom is -0.482 e. The van der Waals surface area contributed by atoms with Crippen LogP contribution in [0.2, 0.25) is 0 Å². The standard InChI is InChI=1S/C23H28N4O2S/c1-14-8-10-20(17(4)11-14)29-18(5)22-25-26-23(27(22)6)30-13-21(28)24-19-12-15(2)7-9-16(19)3/h7-12,18H,13H2,1-6H3,(H,24,28). The van der Waals surface area contributed by atoms with Gasteiger partial charge in [0.1, 0.15) is 5.75 Å². The molecule has 1 N–H and O–H groups in total. The van der Waals surface area contributed by atoms with Crippen molar-refractivity contribution in [1.82, 2.24) is 14.8 Å². The molecule has 3 aromatic rings. The minimum atomic E-state index is -0.262. The molecule has 6 nitrogen and oxygen atoms in total. The average molecular weight is 425 g/mol. The van der Waals surface area contributed by atoms with E-state index in [1.807, 2.05) is 69.6 Å². The van der Waals surface area contributed by atoms with Crippen LogP contribution >= 0.6 is 11.8 Å². The van der Waals surface area contributed by atoms with E-state index in [1.165, 1.54) is 17.3 Å². The zero-order chi connectivity index (χ0) is 21.8. The Morgan fingerprint density at radius 1 is 1.07 bits per heavy atom. The average Bonchev–Trinajstić information content (AvgIpc) is 3.06. The number of hydrogen-bond donors (Lipinski definition) is 1. The number of carbonyl (C=O) groups is 1. The predicted octanol–water partition coefficient (Wildman–Crippen LogP) is 4.92. The van der Waals surface area contributed by atoms with Gasteiger partial charge in [-0.2, -0.15) is 0 Å². The number of thioether (sulfide) groups is 1. The normalized spacial score (nSPS) is 11.9. The summed E-state index contributed by atoms with van der Waals surface area (Å²) in [6.07, 6.45) is -0.262. The first-order valence-electron chi connectivity index (χ1n) is 9.87. The largest absolute Gasteiger partial charge is 0.482 e. The molecule has 2 aromatic carbocycles. The Morgan fingerprint density at radius 3 is 2.50 bits per heavy atom. The number of benzene rings is 2. The Labute approximate surface area is 182 Å². The lowest BCUT2D eigenvalue weighted by Crippen LogP contribution is -2.15. The van der Waals surface area contributed by atoms with E-state index in [2.05, 4.69) is 28.5 Å². The van der Waals surface area contributed by atoms with Crippen LogP contribution in [0.25, 0.3) is 0 Å². The number of aromatic nitrogens is 3. The van der Waals surface area contributed by atoms with Crippen molar-refractivity contribution < 1.29 is 9.53 Å². The van der Waals surface area contributed by atoms with Crippen molar-refractivity contribution in [3.05, 3.63) is 64.5 Å². The molecule has 0 spiro atoms. The smallest absolute Gasteiger partial charge is 0.234 e. The summed E-state index contributed by atoms with van der Waals surface area (Å²) in [5.41, 5.74) is 5.28. The van der Waals surface area contributed by atoms with Gasteiger partial charge in [0.15, 0.2) is 17.1 Å². The second-order valence-electron chi connectivity index (χ2n) is 7.58. The highest BCUT2D eigenvalue weighted by molar-refractivity contribution is 7.99. The molecule has 30 heavy (non-hydrogen) atoms. The number of nitrogens with zero attached hydrogens (tertiary/aromatic N) is 3. The van der Waals surface area contributed by atoms with Gasteiger partial charge in [-0.05, 0) is 63.4 Å². The third-order valence-electron chi connectivity index (χ3n) is 4.87. The number of ether oxygens (including phenoxy) is 1. The Morgan fingerprint density at radius 2 is 1.77 bits per heavy atom. The van der Waals surface area contributed by atoms with Gasteiger partial charge in [-0.3, -0.25) is 4.79 Å². The summed E-state index contributed by atoms with van der Waals surface area (Å²) in [6, 6.07) is 12.1. The van der Waals surface area contributed by atoms with Crippen LogP contribution in [0.1, 0.15) is 41.1 Å². The van der Waals surface area contributed by atoms with Crippen LogP contribution < -0.4 is 10.1 Å². The first-order valence-corrected chi connectivity index (χ1v) is 10.9. The molecule has 0 aliphatic rings. The van der Waals surface area contributed by atoms with Gasteiger partial charge in [0.25, 0.3) is 0 Å². The van der Waals surface area contributed by atoms with Crippen molar-refractivity contribution in [2.45, 2.75) is 45.9 Å². The molecule has 158 valence electrons. The molecule has 3 rings (SSSR count). The third-order valence-corrected chi connectivity index (χ3v) is 5.89. The van der Waals surface area contributed by atoms with E-state index in [4.69, 9.17) is 4.74 Å². The van der Waals surface area contributed by atoms with Crippen LogP contribution in [-0.2, 0) is 11.8 Å². The summed E-state index contributed by atoms with van der Waals surface area (Å²) in [7, 11) is 1.89. The van der Waals surface area contributed by atoms with E-state index < -0.39 is 0 Å². The summed E-state index contributed by atoms with van der Waals surface area (Å²) in [4.78, 5) is 12.4. The second-order valence-corrected chi connectivity index (χ2v) is 8.53. The first-order chi connectivity index (χ1) is 14.2. The zero-order valence-corrected chi connectivity index (χ0v) is 19.1. The molecular weight excluding hydrogens is 396 g/mol. The van der Waals surface area contributed by atoms with E-state index >= 15 is 0 Å². The molecule has 0 fully saturated rings. The molecule has 0 aliphatic heterocycles. The Bertz CT molecular complexity index is 1060. The molecule has 1 heterocycles. The predicted molar refractivity (Wildman–Crippen MR) is 121 cm³/mol. The van der Waals surface area contributed by atoms with Crippen molar-refractivity contribution in [3.8, 4) is 5.75 Å². The quantitative estimate of drug-likeness (QED) is 0.545. The van der Waals surface area contributed by atoms with E-state index in [9.17, 15) is 4.79 Å².